The minimum atomic E-state index is -0.685. The highest BCUT2D eigenvalue weighted by Gasteiger charge is 2.32. The molecule has 268 valence electrons. The minimum absolute atomic E-state index is 0.00812. The van der Waals surface area contributed by atoms with E-state index < -0.39 is 35.5 Å². The van der Waals surface area contributed by atoms with Gasteiger partial charge < -0.3 is 38.1 Å². The molecule has 1 aliphatic rings. The fourth-order valence-corrected chi connectivity index (χ4v) is 5.56. The average molecular weight is 706 g/mol. The Morgan fingerprint density at radius 3 is 1.71 bits per heavy atom. The van der Waals surface area contributed by atoms with Crippen LogP contribution in [0.2, 0.25) is 0 Å². The number of anilines is 1. The Hall–Kier alpha value is -5.85. The van der Waals surface area contributed by atoms with E-state index in [0.29, 0.717) is 56.5 Å². The monoisotopic (exact) mass is 705 g/mol. The summed E-state index contributed by atoms with van der Waals surface area (Å²) < 4.78 is 68.3. The van der Waals surface area contributed by atoms with Crippen molar-refractivity contribution in [2.75, 3.05) is 59.1 Å². The molecule has 0 radical (unpaired) electrons. The number of methoxy groups -OCH3 is 3. The molecule has 0 saturated carbocycles. The zero-order valence-corrected chi connectivity index (χ0v) is 28.7. The van der Waals surface area contributed by atoms with Gasteiger partial charge in [0, 0.05) is 17.0 Å². The van der Waals surface area contributed by atoms with Crippen LogP contribution in [0.5, 0.6) is 28.7 Å². The highest BCUT2D eigenvalue weighted by Crippen LogP contribution is 2.49. The van der Waals surface area contributed by atoms with Crippen LogP contribution in [0.1, 0.15) is 33.7 Å². The fourth-order valence-electron chi connectivity index (χ4n) is 5.56. The maximum atomic E-state index is 15.1. The average Bonchev–Trinajstić information content (AvgIpc) is 3.12. The number of esters is 3. The van der Waals surface area contributed by atoms with Gasteiger partial charge in [-0.05, 0) is 79.1 Å². The van der Waals surface area contributed by atoms with Crippen LogP contribution >= 0.6 is 0 Å². The van der Waals surface area contributed by atoms with Crippen LogP contribution in [0.3, 0.4) is 0 Å². The number of rotatable bonds is 14. The number of hydrogen-bond acceptors (Lipinski definition) is 11. The van der Waals surface area contributed by atoms with E-state index in [9.17, 15) is 14.4 Å². The number of fused-ring (bicyclic) bond motifs is 2. The molecule has 0 amide bonds. The second-order valence-electron chi connectivity index (χ2n) is 11.6. The van der Waals surface area contributed by atoms with Crippen molar-refractivity contribution >= 4 is 23.6 Å². The number of para-hydroxylation sites is 2. The van der Waals surface area contributed by atoms with E-state index in [2.05, 4.69) is 4.74 Å². The van der Waals surface area contributed by atoms with Gasteiger partial charge in [-0.1, -0.05) is 18.2 Å². The van der Waals surface area contributed by atoms with Crippen molar-refractivity contribution in [1.82, 2.24) is 0 Å². The maximum absolute atomic E-state index is 15.1. The summed E-state index contributed by atoms with van der Waals surface area (Å²) in [6.07, 6.45) is 0. The number of carbonyl (C=O) groups excluding carboxylic acids is 3. The van der Waals surface area contributed by atoms with E-state index in [1.807, 2.05) is 0 Å². The molecular formula is C38H37F2NO10. The third kappa shape index (κ3) is 8.48. The first-order valence-electron chi connectivity index (χ1n) is 15.9. The van der Waals surface area contributed by atoms with E-state index >= 15 is 8.78 Å². The Morgan fingerprint density at radius 1 is 0.667 bits per heavy atom. The smallest absolute Gasteiger partial charge is 0.343 e. The van der Waals surface area contributed by atoms with Crippen molar-refractivity contribution in [3.05, 3.63) is 106 Å². The summed E-state index contributed by atoms with van der Waals surface area (Å²) in [5, 5.41) is 0. The lowest BCUT2D eigenvalue weighted by Gasteiger charge is -2.31. The van der Waals surface area contributed by atoms with Gasteiger partial charge in [0.05, 0.1) is 27.0 Å². The van der Waals surface area contributed by atoms with Gasteiger partial charge in [0.2, 0.25) is 0 Å². The third-order valence-corrected chi connectivity index (χ3v) is 8.20. The SMILES string of the molecule is COC(=O)COc1ccccc1OCCOc1cc(C2c3cc(F)c(C)cc3Oc3cc(C)c(F)cc32)ccc1N(CC(=O)OC)CC(=O)OC. The number of nitrogens with zero attached hydrogens (tertiary/aromatic N) is 1. The topological polar surface area (TPSA) is 119 Å². The van der Waals surface area contributed by atoms with E-state index in [-0.39, 0.29) is 38.7 Å². The standard InChI is InChI=1S/C38H37F2NO10/c1-22-14-32-25(17-27(22)39)38(26-18-28(40)23(2)15-33(26)51-32)24-10-11-29(41(19-35(42)45-3)20-36(43)46-4)34(16-24)49-13-12-48-30-8-6-7-9-31(30)50-21-37(44)47-5/h6-11,14-18,38H,12-13,19-21H2,1-5H3. The van der Waals surface area contributed by atoms with Crippen LogP contribution in [-0.4, -0.2) is 72.1 Å². The molecule has 1 aliphatic heterocycles. The summed E-state index contributed by atoms with van der Waals surface area (Å²) in [7, 11) is 3.71. The molecule has 51 heavy (non-hydrogen) atoms. The zero-order chi connectivity index (χ0) is 36.7. The van der Waals surface area contributed by atoms with E-state index in [1.165, 1.54) is 38.4 Å². The van der Waals surface area contributed by atoms with Gasteiger partial charge in [0.1, 0.15) is 55.2 Å². The van der Waals surface area contributed by atoms with Gasteiger partial charge >= 0.3 is 17.9 Å². The highest BCUT2D eigenvalue weighted by atomic mass is 19.1. The number of carbonyl (C=O) groups is 3. The molecule has 0 fully saturated rings. The summed E-state index contributed by atoms with van der Waals surface area (Å²) >= 11 is 0. The molecule has 0 N–H and O–H groups in total. The molecule has 11 nitrogen and oxygen atoms in total. The number of ether oxygens (including phenoxy) is 7. The Morgan fingerprint density at radius 2 is 1.18 bits per heavy atom. The first-order valence-corrected chi connectivity index (χ1v) is 15.9. The summed E-state index contributed by atoms with van der Waals surface area (Å²) in [4.78, 5) is 37.9. The Balaban J connectivity index is 1.53. The van der Waals surface area contributed by atoms with Crippen molar-refractivity contribution < 1.29 is 56.3 Å². The van der Waals surface area contributed by atoms with Crippen LogP contribution in [-0.2, 0) is 28.6 Å². The van der Waals surface area contributed by atoms with Crippen LogP contribution in [0.25, 0.3) is 0 Å². The molecule has 4 aromatic carbocycles. The van der Waals surface area contributed by atoms with Gasteiger partial charge in [-0.15, -0.1) is 0 Å². The molecule has 0 spiro atoms. The van der Waals surface area contributed by atoms with Gasteiger partial charge in [0.25, 0.3) is 0 Å². The van der Waals surface area contributed by atoms with E-state index in [1.54, 1.807) is 68.4 Å². The number of benzene rings is 4. The summed E-state index contributed by atoms with van der Waals surface area (Å²) in [5.74, 6) is -1.67. The lowest BCUT2D eigenvalue weighted by molar-refractivity contribution is -0.143. The van der Waals surface area contributed by atoms with Crippen molar-refractivity contribution in [1.29, 1.82) is 0 Å². The van der Waals surface area contributed by atoms with Gasteiger partial charge in [-0.25, -0.2) is 13.6 Å². The van der Waals surface area contributed by atoms with Gasteiger partial charge in [0.15, 0.2) is 18.1 Å². The molecule has 0 bridgehead atoms. The van der Waals surface area contributed by atoms with E-state index in [0.717, 1.165) is 0 Å². The molecule has 0 atom stereocenters. The van der Waals surface area contributed by atoms with Crippen molar-refractivity contribution in [3.8, 4) is 28.7 Å². The lowest BCUT2D eigenvalue weighted by Crippen LogP contribution is -2.36. The molecule has 0 aromatic heterocycles. The predicted octanol–water partition coefficient (Wildman–Crippen LogP) is 6.03. The minimum Gasteiger partial charge on any atom is -0.488 e. The van der Waals surface area contributed by atoms with Gasteiger partial charge in [-0.3, -0.25) is 9.59 Å². The summed E-state index contributed by atoms with van der Waals surface area (Å²) in [6.45, 7) is 2.28. The Kier molecular flexibility index (Phi) is 11.6. The first kappa shape index (κ1) is 36.4. The Bertz CT molecular complexity index is 1860. The molecule has 0 aliphatic carbocycles. The first-order chi connectivity index (χ1) is 24.5. The fraction of sp³-hybridized carbons (Fsp3) is 0.289. The molecule has 0 unspecified atom stereocenters. The van der Waals surface area contributed by atoms with Crippen LogP contribution in [0.4, 0.5) is 14.5 Å². The molecule has 0 saturated heterocycles. The predicted molar refractivity (Wildman–Crippen MR) is 181 cm³/mol. The van der Waals surface area contributed by atoms with Crippen LogP contribution in [0.15, 0.2) is 66.7 Å². The number of aryl methyl sites for hydroxylation is 2. The summed E-state index contributed by atoms with van der Waals surface area (Å²) in [5.41, 5.74) is 2.64. The van der Waals surface area contributed by atoms with Gasteiger partial charge in [-0.2, -0.15) is 0 Å². The maximum Gasteiger partial charge on any atom is 0.343 e. The van der Waals surface area contributed by atoms with Crippen molar-refractivity contribution in [3.63, 3.8) is 0 Å². The molecule has 4 aromatic rings. The second-order valence-corrected chi connectivity index (χ2v) is 11.6. The molecule has 5 rings (SSSR count). The lowest BCUT2D eigenvalue weighted by atomic mass is 9.81. The number of hydrogen-bond donors (Lipinski definition) is 0. The van der Waals surface area contributed by atoms with Crippen LogP contribution in [0, 0.1) is 25.5 Å². The van der Waals surface area contributed by atoms with Crippen LogP contribution < -0.4 is 23.8 Å². The Labute approximate surface area is 293 Å². The third-order valence-electron chi connectivity index (χ3n) is 8.20. The molecule has 1 heterocycles. The highest BCUT2D eigenvalue weighted by molar-refractivity contribution is 5.83. The van der Waals surface area contributed by atoms with Crippen molar-refractivity contribution in [2.45, 2.75) is 19.8 Å². The second kappa shape index (κ2) is 16.2. The number of halogens is 2. The van der Waals surface area contributed by atoms with E-state index in [4.69, 9.17) is 28.4 Å². The molecule has 13 heteroatoms. The summed E-state index contributed by atoms with van der Waals surface area (Å²) in [6, 6.07) is 17.8. The normalized spacial score (nSPS) is 11.7. The molecular weight excluding hydrogens is 668 g/mol. The van der Waals surface area contributed by atoms with Crippen molar-refractivity contribution in [2.24, 2.45) is 0 Å². The zero-order valence-electron chi connectivity index (χ0n) is 28.7. The quantitative estimate of drug-likeness (QED) is 0.0766. The largest absolute Gasteiger partial charge is 0.488 e.